The van der Waals surface area contributed by atoms with Crippen molar-refractivity contribution in [1.29, 1.82) is 0 Å². The number of benzene rings is 1. The van der Waals surface area contributed by atoms with Crippen LogP contribution in [0.2, 0.25) is 0 Å². The van der Waals surface area contributed by atoms with E-state index < -0.39 is 11.6 Å². The fourth-order valence-electron chi connectivity index (χ4n) is 2.67. The van der Waals surface area contributed by atoms with Crippen molar-refractivity contribution in [3.8, 4) is 0 Å². The molecule has 19 heavy (non-hydrogen) atoms. The number of nitrogens with one attached hydrogen (secondary N) is 1. The van der Waals surface area contributed by atoms with Crippen LogP contribution in [0.1, 0.15) is 27.7 Å². The summed E-state index contributed by atoms with van der Waals surface area (Å²) in [6.07, 6.45) is 0. The molecule has 1 fully saturated rings. The molecule has 0 bridgehead atoms. The molecule has 1 aliphatic rings. The smallest absolute Gasteiger partial charge is 0.128 e. The molecule has 0 saturated carbocycles. The Kier molecular flexibility index (Phi) is 3.81. The summed E-state index contributed by atoms with van der Waals surface area (Å²) in [5, 5.41) is 3.49. The van der Waals surface area contributed by atoms with Gasteiger partial charge in [0.1, 0.15) is 11.6 Å². The van der Waals surface area contributed by atoms with Gasteiger partial charge in [0.15, 0.2) is 0 Å². The van der Waals surface area contributed by atoms with E-state index in [-0.39, 0.29) is 11.6 Å². The zero-order valence-electron chi connectivity index (χ0n) is 12.0. The molecule has 2 rings (SSSR count). The Bertz CT molecular complexity index is 437. The van der Waals surface area contributed by atoms with Gasteiger partial charge in [0.25, 0.3) is 0 Å². The van der Waals surface area contributed by atoms with E-state index in [4.69, 9.17) is 0 Å². The standard InChI is InChI=1S/C15H22F2N2/c1-10(2)14-8-18-15(3,4)9-19(14)13-6-11(16)5-12(17)7-13/h5-7,10,14,18H,8-9H2,1-4H3. The maximum Gasteiger partial charge on any atom is 0.128 e. The molecular formula is C15H22F2N2. The molecule has 0 radical (unpaired) electrons. The molecule has 1 atom stereocenters. The molecule has 0 spiro atoms. The van der Waals surface area contributed by atoms with E-state index in [0.717, 1.165) is 19.2 Å². The van der Waals surface area contributed by atoms with Crippen molar-refractivity contribution in [2.24, 2.45) is 5.92 Å². The normalized spacial score (nSPS) is 22.9. The van der Waals surface area contributed by atoms with E-state index >= 15 is 0 Å². The van der Waals surface area contributed by atoms with Gasteiger partial charge in [-0.05, 0) is 31.9 Å². The quantitative estimate of drug-likeness (QED) is 0.886. The highest BCUT2D eigenvalue weighted by Gasteiger charge is 2.34. The van der Waals surface area contributed by atoms with Gasteiger partial charge in [-0.15, -0.1) is 0 Å². The minimum atomic E-state index is -0.520. The molecule has 1 unspecified atom stereocenters. The Morgan fingerprint density at radius 1 is 1.21 bits per heavy atom. The zero-order valence-corrected chi connectivity index (χ0v) is 12.0. The Morgan fingerprint density at radius 2 is 1.79 bits per heavy atom. The first-order chi connectivity index (χ1) is 8.78. The van der Waals surface area contributed by atoms with E-state index in [1.54, 1.807) is 0 Å². The van der Waals surface area contributed by atoms with Crippen LogP contribution in [0.3, 0.4) is 0 Å². The molecule has 1 aromatic rings. The van der Waals surface area contributed by atoms with Crippen molar-refractivity contribution >= 4 is 5.69 Å². The molecule has 1 aromatic carbocycles. The van der Waals surface area contributed by atoms with Crippen LogP contribution in [0.4, 0.5) is 14.5 Å². The van der Waals surface area contributed by atoms with Crippen LogP contribution in [-0.4, -0.2) is 24.7 Å². The summed E-state index contributed by atoms with van der Waals surface area (Å²) < 4.78 is 26.8. The number of rotatable bonds is 2. The van der Waals surface area contributed by atoms with Gasteiger partial charge in [-0.3, -0.25) is 0 Å². The van der Waals surface area contributed by atoms with Crippen LogP contribution < -0.4 is 10.2 Å². The average molecular weight is 268 g/mol. The maximum atomic E-state index is 13.4. The lowest BCUT2D eigenvalue weighted by Crippen LogP contribution is -2.63. The second kappa shape index (κ2) is 5.08. The highest BCUT2D eigenvalue weighted by Crippen LogP contribution is 2.28. The second-order valence-electron chi connectivity index (χ2n) is 6.33. The van der Waals surface area contributed by atoms with Gasteiger partial charge >= 0.3 is 0 Å². The molecule has 0 amide bonds. The summed E-state index contributed by atoms with van der Waals surface area (Å²) in [5.41, 5.74) is 0.569. The maximum absolute atomic E-state index is 13.4. The average Bonchev–Trinajstić information content (AvgIpc) is 2.25. The largest absolute Gasteiger partial charge is 0.365 e. The number of hydrogen-bond donors (Lipinski definition) is 1. The highest BCUT2D eigenvalue weighted by molar-refractivity contribution is 5.49. The molecule has 1 aliphatic heterocycles. The van der Waals surface area contributed by atoms with Crippen LogP contribution in [-0.2, 0) is 0 Å². The first kappa shape index (κ1) is 14.3. The van der Waals surface area contributed by atoms with Gasteiger partial charge in [-0.25, -0.2) is 8.78 Å². The van der Waals surface area contributed by atoms with Crippen LogP contribution >= 0.6 is 0 Å². The summed E-state index contributed by atoms with van der Waals surface area (Å²) in [6.45, 7) is 10.0. The first-order valence-electron chi connectivity index (χ1n) is 6.76. The molecule has 0 aliphatic carbocycles. The van der Waals surface area contributed by atoms with Gasteiger partial charge in [0, 0.05) is 36.4 Å². The van der Waals surface area contributed by atoms with Crippen molar-refractivity contribution in [3.05, 3.63) is 29.8 Å². The number of anilines is 1. The monoisotopic (exact) mass is 268 g/mol. The van der Waals surface area contributed by atoms with Gasteiger partial charge < -0.3 is 10.2 Å². The summed E-state index contributed by atoms with van der Waals surface area (Å²) >= 11 is 0. The molecule has 2 nitrogen and oxygen atoms in total. The van der Waals surface area contributed by atoms with E-state index in [0.29, 0.717) is 11.6 Å². The Labute approximate surface area is 113 Å². The molecular weight excluding hydrogens is 246 g/mol. The minimum absolute atomic E-state index is 0.0613. The van der Waals surface area contributed by atoms with E-state index in [1.165, 1.54) is 12.1 Å². The molecule has 1 saturated heterocycles. The van der Waals surface area contributed by atoms with E-state index in [2.05, 4.69) is 37.9 Å². The minimum Gasteiger partial charge on any atom is -0.365 e. The summed E-state index contributed by atoms with van der Waals surface area (Å²) in [6, 6.07) is 4.00. The topological polar surface area (TPSA) is 15.3 Å². The zero-order chi connectivity index (χ0) is 14.2. The predicted octanol–water partition coefficient (Wildman–Crippen LogP) is 3.18. The Hall–Kier alpha value is -1.16. The molecule has 106 valence electrons. The van der Waals surface area contributed by atoms with Crippen LogP contribution in [0, 0.1) is 17.6 Å². The molecule has 1 N–H and O–H groups in total. The molecule has 1 heterocycles. The predicted molar refractivity (Wildman–Crippen MR) is 74.4 cm³/mol. The summed E-state index contributed by atoms with van der Waals surface area (Å²) in [5.74, 6) is -0.627. The fraction of sp³-hybridized carbons (Fsp3) is 0.600. The van der Waals surface area contributed by atoms with Crippen molar-refractivity contribution in [2.45, 2.75) is 39.3 Å². The van der Waals surface area contributed by atoms with Crippen molar-refractivity contribution in [1.82, 2.24) is 5.32 Å². The third kappa shape index (κ3) is 3.24. The third-order valence-corrected chi connectivity index (χ3v) is 3.70. The summed E-state index contributed by atoms with van der Waals surface area (Å²) in [4.78, 5) is 2.12. The van der Waals surface area contributed by atoms with Crippen molar-refractivity contribution < 1.29 is 8.78 Å². The Balaban J connectivity index is 2.36. The summed E-state index contributed by atoms with van der Waals surface area (Å²) in [7, 11) is 0. The first-order valence-corrected chi connectivity index (χ1v) is 6.76. The molecule has 0 aromatic heterocycles. The number of piperazine rings is 1. The van der Waals surface area contributed by atoms with Gasteiger partial charge in [0.2, 0.25) is 0 Å². The van der Waals surface area contributed by atoms with Gasteiger partial charge in [-0.2, -0.15) is 0 Å². The third-order valence-electron chi connectivity index (χ3n) is 3.70. The number of halogens is 2. The fourth-order valence-corrected chi connectivity index (χ4v) is 2.67. The molecule has 4 heteroatoms. The van der Waals surface area contributed by atoms with Gasteiger partial charge in [0.05, 0.1) is 0 Å². The van der Waals surface area contributed by atoms with E-state index in [9.17, 15) is 8.78 Å². The van der Waals surface area contributed by atoms with Crippen molar-refractivity contribution in [2.75, 3.05) is 18.0 Å². The van der Waals surface area contributed by atoms with Crippen LogP contribution in [0.5, 0.6) is 0 Å². The lowest BCUT2D eigenvalue weighted by atomic mass is 9.92. The SMILES string of the molecule is CC(C)C1CNC(C)(C)CN1c1cc(F)cc(F)c1. The Morgan fingerprint density at radius 3 is 2.32 bits per heavy atom. The number of nitrogens with zero attached hydrogens (tertiary/aromatic N) is 1. The van der Waals surface area contributed by atoms with Gasteiger partial charge in [-0.1, -0.05) is 13.8 Å². The van der Waals surface area contributed by atoms with Crippen LogP contribution in [0.25, 0.3) is 0 Å². The lowest BCUT2D eigenvalue weighted by Gasteiger charge is -2.47. The van der Waals surface area contributed by atoms with Crippen molar-refractivity contribution in [3.63, 3.8) is 0 Å². The highest BCUT2D eigenvalue weighted by atomic mass is 19.1. The number of hydrogen-bond acceptors (Lipinski definition) is 2. The second-order valence-corrected chi connectivity index (χ2v) is 6.33. The van der Waals surface area contributed by atoms with Crippen LogP contribution in [0.15, 0.2) is 18.2 Å². The lowest BCUT2D eigenvalue weighted by molar-refractivity contribution is 0.277. The van der Waals surface area contributed by atoms with E-state index in [1.807, 2.05) is 0 Å².